The summed E-state index contributed by atoms with van der Waals surface area (Å²) in [4.78, 5) is 13.4. The van der Waals surface area contributed by atoms with Crippen LogP contribution in [-0.2, 0) is 4.74 Å². The lowest BCUT2D eigenvalue weighted by Gasteiger charge is -2.40. The minimum Gasteiger partial charge on any atom is -0.444 e. The fourth-order valence-corrected chi connectivity index (χ4v) is 1.95. The molecule has 1 N–H and O–H groups in total. The lowest BCUT2D eigenvalue weighted by molar-refractivity contribution is 0.0105. The van der Waals surface area contributed by atoms with Crippen molar-refractivity contribution in [3.8, 4) is 0 Å². The van der Waals surface area contributed by atoms with E-state index in [1.165, 1.54) is 0 Å². The molecule has 0 spiro atoms. The molecule has 0 radical (unpaired) electrons. The van der Waals surface area contributed by atoms with Crippen molar-refractivity contribution in [1.29, 1.82) is 0 Å². The van der Waals surface area contributed by atoms with Gasteiger partial charge in [0.2, 0.25) is 0 Å². The average molecular weight is 283 g/mol. The monoisotopic (exact) mass is 282 g/mol. The van der Waals surface area contributed by atoms with Crippen LogP contribution in [0.25, 0.3) is 0 Å². The van der Waals surface area contributed by atoms with Crippen molar-refractivity contribution in [2.45, 2.75) is 32.4 Å². The van der Waals surface area contributed by atoms with E-state index in [0.717, 1.165) is 10.7 Å². The molecule has 5 heteroatoms. The Hall–Kier alpha value is -1.42. The van der Waals surface area contributed by atoms with Crippen LogP contribution in [0.15, 0.2) is 24.3 Å². The molecule has 1 heterocycles. The first-order valence-electron chi connectivity index (χ1n) is 6.33. The predicted molar refractivity (Wildman–Crippen MR) is 76.7 cm³/mol. The maximum Gasteiger partial charge on any atom is 0.410 e. The maximum atomic E-state index is 11.7. The first kappa shape index (κ1) is 14.0. The zero-order valence-corrected chi connectivity index (χ0v) is 12.2. The molecule has 1 aromatic rings. The largest absolute Gasteiger partial charge is 0.444 e. The van der Waals surface area contributed by atoms with Crippen molar-refractivity contribution in [2.75, 3.05) is 18.4 Å². The molecular weight excluding hydrogens is 264 g/mol. The van der Waals surface area contributed by atoms with Gasteiger partial charge in [-0.05, 0) is 45.0 Å². The molecule has 0 aliphatic carbocycles. The number of carbonyl (C=O) groups is 1. The zero-order valence-electron chi connectivity index (χ0n) is 11.4. The van der Waals surface area contributed by atoms with Gasteiger partial charge in [-0.25, -0.2) is 4.79 Å². The van der Waals surface area contributed by atoms with Crippen LogP contribution in [-0.4, -0.2) is 35.7 Å². The molecule has 1 aliphatic heterocycles. The zero-order chi connectivity index (χ0) is 14.0. The molecule has 1 saturated heterocycles. The summed E-state index contributed by atoms with van der Waals surface area (Å²) in [5.74, 6) is 0. The summed E-state index contributed by atoms with van der Waals surface area (Å²) in [6, 6.07) is 7.81. The van der Waals surface area contributed by atoms with Crippen molar-refractivity contribution in [3.63, 3.8) is 0 Å². The van der Waals surface area contributed by atoms with Crippen LogP contribution < -0.4 is 5.32 Å². The number of likely N-dealkylation sites (tertiary alicyclic amines) is 1. The third-order valence-corrected chi connectivity index (χ3v) is 3.00. The van der Waals surface area contributed by atoms with E-state index in [9.17, 15) is 4.79 Å². The van der Waals surface area contributed by atoms with Crippen LogP contribution in [0, 0.1) is 0 Å². The number of hydrogen-bond acceptors (Lipinski definition) is 3. The Morgan fingerprint density at radius 2 is 1.89 bits per heavy atom. The number of nitrogens with zero attached hydrogens (tertiary/aromatic N) is 1. The number of halogens is 1. The standard InChI is InChI=1S/C14H19ClN2O2/c1-14(2,3)19-13(18)17-8-12(9-17)16-11-6-4-10(15)5-7-11/h4-7,12,16H,8-9H2,1-3H3. The van der Waals surface area contributed by atoms with E-state index in [1.54, 1.807) is 4.90 Å². The van der Waals surface area contributed by atoms with E-state index in [0.29, 0.717) is 13.1 Å². The summed E-state index contributed by atoms with van der Waals surface area (Å²) in [6.45, 7) is 6.94. The molecule has 19 heavy (non-hydrogen) atoms. The number of nitrogens with one attached hydrogen (secondary N) is 1. The van der Waals surface area contributed by atoms with Gasteiger partial charge < -0.3 is 15.0 Å². The first-order valence-corrected chi connectivity index (χ1v) is 6.71. The summed E-state index contributed by atoms with van der Waals surface area (Å²) in [5, 5.41) is 4.06. The van der Waals surface area contributed by atoms with Crippen molar-refractivity contribution in [2.24, 2.45) is 0 Å². The van der Waals surface area contributed by atoms with Crippen molar-refractivity contribution >= 4 is 23.4 Å². The van der Waals surface area contributed by atoms with E-state index in [-0.39, 0.29) is 12.1 Å². The summed E-state index contributed by atoms with van der Waals surface area (Å²) in [7, 11) is 0. The minimum atomic E-state index is -0.439. The number of anilines is 1. The minimum absolute atomic E-state index is 0.248. The van der Waals surface area contributed by atoms with Crippen LogP contribution in [0.4, 0.5) is 10.5 Å². The Morgan fingerprint density at radius 3 is 2.42 bits per heavy atom. The molecule has 1 fully saturated rings. The number of benzene rings is 1. The van der Waals surface area contributed by atoms with E-state index < -0.39 is 5.60 Å². The summed E-state index contributed by atoms with van der Waals surface area (Å²) >= 11 is 5.83. The maximum absolute atomic E-state index is 11.7. The number of rotatable bonds is 2. The average Bonchev–Trinajstić information content (AvgIpc) is 2.22. The van der Waals surface area contributed by atoms with Crippen LogP contribution in [0.5, 0.6) is 0 Å². The summed E-state index contributed by atoms with van der Waals surface area (Å²) < 4.78 is 5.30. The fourth-order valence-electron chi connectivity index (χ4n) is 1.83. The quantitative estimate of drug-likeness (QED) is 0.904. The van der Waals surface area contributed by atoms with E-state index in [1.807, 2.05) is 45.0 Å². The van der Waals surface area contributed by atoms with Gasteiger partial charge in [0.1, 0.15) is 5.60 Å². The Bertz CT molecular complexity index is 448. The molecule has 0 atom stereocenters. The number of ether oxygens (including phenoxy) is 1. The van der Waals surface area contributed by atoms with Crippen LogP contribution in [0.1, 0.15) is 20.8 Å². The highest BCUT2D eigenvalue weighted by atomic mass is 35.5. The van der Waals surface area contributed by atoms with E-state index in [2.05, 4.69) is 5.32 Å². The van der Waals surface area contributed by atoms with Gasteiger partial charge in [0.05, 0.1) is 6.04 Å². The van der Waals surface area contributed by atoms with Gasteiger partial charge in [-0.15, -0.1) is 0 Å². The predicted octanol–water partition coefficient (Wildman–Crippen LogP) is 3.37. The molecule has 2 rings (SSSR count). The second-order valence-electron chi connectivity index (χ2n) is 5.73. The SMILES string of the molecule is CC(C)(C)OC(=O)N1CC(Nc2ccc(Cl)cc2)C1. The Balaban J connectivity index is 1.77. The van der Waals surface area contributed by atoms with Crippen LogP contribution >= 0.6 is 11.6 Å². The molecule has 0 saturated carbocycles. The molecular formula is C14H19ClN2O2. The highest BCUT2D eigenvalue weighted by molar-refractivity contribution is 6.30. The Kier molecular flexibility index (Phi) is 3.90. The van der Waals surface area contributed by atoms with Crippen molar-refractivity contribution in [1.82, 2.24) is 4.90 Å². The molecule has 1 aromatic carbocycles. The van der Waals surface area contributed by atoms with Gasteiger partial charge in [-0.2, -0.15) is 0 Å². The van der Waals surface area contributed by atoms with Gasteiger partial charge in [0.25, 0.3) is 0 Å². The van der Waals surface area contributed by atoms with Crippen LogP contribution in [0.3, 0.4) is 0 Å². The summed E-state index contributed by atoms with van der Waals surface area (Å²) in [5.41, 5.74) is 0.574. The molecule has 1 aliphatic rings. The molecule has 4 nitrogen and oxygen atoms in total. The highest BCUT2D eigenvalue weighted by Gasteiger charge is 2.33. The second-order valence-corrected chi connectivity index (χ2v) is 6.17. The van der Waals surface area contributed by atoms with Gasteiger partial charge in [0.15, 0.2) is 0 Å². The topological polar surface area (TPSA) is 41.6 Å². The fraction of sp³-hybridized carbons (Fsp3) is 0.500. The summed E-state index contributed by atoms with van der Waals surface area (Å²) in [6.07, 6.45) is -0.248. The normalized spacial score (nSPS) is 15.9. The first-order chi connectivity index (χ1) is 8.83. The van der Waals surface area contributed by atoms with E-state index in [4.69, 9.17) is 16.3 Å². The Morgan fingerprint density at radius 1 is 1.32 bits per heavy atom. The third kappa shape index (κ3) is 4.03. The van der Waals surface area contributed by atoms with Gasteiger partial charge >= 0.3 is 6.09 Å². The van der Waals surface area contributed by atoms with Gasteiger partial charge in [0, 0.05) is 23.8 Å². The Labute approximate surface area is 118 Å². The van der Waals surface area contributed by atoms with Gasteiger partial charge in [-0.3, -0.25) is 0 Å². The van der Waals surface area contributed by atoms with Crippen molar-refractivity contribution < 1.29 is 9.53 Å². The lowest BCUT2D eigenvalue weighted by atomic mass is 10.1. The lowest BCUT2D eigenvalue weighted by Crippen LogP contribution is -2.57. The second kappa shape index (κ2) is 5.29. The smallest absolute Gasteiger partial charge is 0.410 e. The van der Waals surface area contributed by atoms with E-state index >= 15 is 0 Å². The molecule has 0 unspecified atom stereocenters. The third-order valence-electron chi connectivity index (χ3n) is 2.75. The number of amides is 1. The molecule has 0 aromatic heterocycles. The number of carbonyl (C=O) groups excluding carboxylic acids is 1. The molecule has 0 bridgehead atoms. The number of hydrogen-bond donors (Lipinski definition) is 1. The van der Waals surface area contributed by atoms with Gasteiger partial charge in [-0.1, -0.05) is 11.6 Å². The highest BCUT2D eigenvalue weighted by Crippen LogP contribution is 2.20. The molecule has 1 amide bonds. The van der Waals surface area contributed by atoms with Crippen molar-refractivity contribution in [3.05, 3.63) is 29.3 Å². The molecule has 104 valence electrons. The van der Waals surface area contributed by atoms with Crippen LogP contribution in [0.2, 0.25) is 5.02 Å².